The summed E-state index contributed by atoms with van der Waals surface area (Å²) in [4.78, 5) is 11.8. The molecule has 0 bridgehead atoms. The van der Waals surface area contributed by atoms with Gasteiger partial charge in [0.05, 0.1) is 18.2 Å². The lowest BCUT2D eigenvalue weighted by atomic mass is 9.75. The summed E-state index contributed by atoms with van der Waals surface area (Å²) in [6.45, 7) is 2.41. The van der Waals surface area contributed by atoms with Crippen LogP contribution < -0.4 is 10.6 Å². The normalized spacial score (nSPS) is 21.4. The van der Waals surface area contributed by atoms with E-state index in [1.165, 1.54) is 36.6 Å². The number of rotatable bonds is 9. The molecule has 190 valence electrons. The molecule has 3 atom stereocenters. The second-order valence-electron chi connectivity index (χ2n) is 10.0. The molecular weight excluding hydrogens is 450 g/mol. The minimum absolute atomic E-state index is 0.124. The molecule has 1 heterocycles. The van der Waals surface area contributed by atoms with Crippen molar-refractivity contribution in [3.8, 4) is 0 Å². The molecule has 7 heteroatoms. The molecule has 2 aliphatic rings. The van der Waals surface area contributed by atoms with E-state index in [0.717, 1.165) is 51.2 Å². The third-order valence-electron chi connectivity index (χ3n) is 7.33. The summed E-state index contributed by atoms with van der Waals surface area (Å²) in [6, 6.07) is 11.2. The van der Waals surface area contributed by atoms with Crippen LogP contribution in [0.3, 0.4) is 0 Å². The summed E-state index contributed by atoms with van der Waals surface area (Å²) >= 11 is 0. The van der Waals surface area contributed by atoms with Crippen LogP contribution in [-0.4, -0.2) is 36.3 Å². The van der Waals surface area contributed by atoms with Crippen LogP contribution in [-0.2, 0) is 21.5 Å². The van der Waals surface area contributed by atoms with Crippen molar-refractivity contribution in [2.45, 2.75) is 82.1 Å². The number of benzene rings is 2. The molecule has 3 N–H and O–H groups in total. The number of carbonyl (C=O) groups is 1. The van der Waals surface area contributed by atoms with Crippen LogP contribution in [0.1, 0.15) is 74.7 Å². The monoisotopic (exact) mass is 486 g/mol. The number of ether oxygens (including phenoxy) is 1. The van der Waals surface area contributed by atoms with E-state index < -0.39 is 23.8 Å². The topological polar surface area (TPSA) is 70.6 Å². The molecule has 1 amide bonds. The summed E-state index contributed by atoms with van der Waals surface area (Å²) in [5, 5.41) is 17.5. The predicted octanol–water partition coefficient (Wildman–Crippen LogP) is 4.67. The Morgan fingerprint density at radius 3 is 2.51 bits per heavy atom. The number of hydrogen-bond donors (Lipinski definition) is 3. The van der Waals surface area contributed by atoms with Crippen molar-refractivity contribution in [2.24, 2.45) is 0 Å². The number of nitrogens with one attached hydrogen (secondary N) is 2. The average Bonchev–Trinajstić information content (AvgIpc) is 3.37. The van der Waals surface area contributed by atoms with Crippen molar-refractivity contribution in [1.29, 1.82) is 0 Å². The van der Waals surface area contributed by atoms with Gasteiger partial charge in [-0.25, -0.2) is 8.78 Å². The Hall–Kier alpha value is -2.35. The van der Waals surface area contributed by atoms with Crippen molar-refractivity contribution in [1.82, 2.24) is 10.6 Å². The maximum atomic E-state index is 13.7. The van der Waals surface area contributed by atoms with Gasteiger partial charge in [-0.1, -0.05) is 43.5 Å². The van der Waals surface area contributed by atoms with Crippen LogP contribution in [0, 0.1) is 11.6 Å². The molecule has 2 aromatic rings. The Bertz CT molecular complexity index is 983. The van der Waals surface area contributed by atoms with Gasteiger partial charge >= 0.3 is 0 Å². The Labute approximate surface area is 206 Å². The van der Waals surface area contributed by atoms with Crippen molar-refractivity contribution in [3.05, 3.63) is 70.8 Å². The maximum absolute atomic E-state index is 13.7. The molecule has 35 heavy (non-hydrogen) atoms. The van der Waals surface area contributed by atoms with Gasteiger partial charge in [-0.2, -0.15) is 0 Å². The number of aliphatic hydroxyl groups is 1. The van der Waals surface area contributed by atoms with E-state index >= 15 is 0 Å². The van der Waals surface area contributed by atoms with Gasteiger partial charge in [0.2, 0.25) is 5.91 Å². The zero-order chi connectivity index (χ0) is 24.8. The first-order chi connectivity index (χ1) is 16.8. The SMILES string of the molecule is CC(=O)N[C@@H](Cc1cc(F)cc(F)c1)[C@H](O)CNC1(c2cccc(C3CCCO3)c2)CCCCC1. The highest BCUT2D eigenvalue weighted by molar-refractivity contribution is 5.73. The second kappa shape index (κ2) is 11.6. The van der Waals surface area contributed by atoms with Gasteiger partial charge in [0.1, 0.15) is 11.6 Å². The van der Waals surface area contributed by atoms with E-state index in [2.05, 4.69) is 34.9 Å². The molecular formula is C28H36F2N2O3. The number of carbonyl (C=O) groups excluding carboxylic acids is 1. The van der Waals surface area contributed by atoms with Gasteiger partial charge in [0, 0.05) is 31.7 Å². The van der Waals surface area contributed by atoms with Crippen molar-refractivity contribution >= 4 is 5.91 Å². The molecule has 1 unspecified atom stereocenters. The van der Waals surface area contributed by atoms with Crippen LogP contribution >= 0.6 is 0 Å². The van der Waals surface area contributed by atoms with Crippen molar-refractivity contribution in [2.75, 3.05) is 13.2 Å². The summed E-state index contributed by atoms with van der Waals surface area (Å²) < 4.78 is 33.3. The summed E-state index contributed by atoms with van der Waals surface area (Å²) in [6.07, 6.45) is 6.68. The number of aliphatic hydroxyl groups excluding tert-OH is 1. The molecule has 0 spiro atoms. The summed E-state index contributed by atoms with van der Waals surface area (Å²) in [5.41, 5.74) is 2.49. The van der Waals surface area contributed by atoms with Crippen LogP contribution in [0.15, 0.2) is 42.5 Å². The van der Waals surface area contributed by atoms with E-state index in [1.807, 2.05) is 0 Å². The van der Waals surface area contributed by atoms with Crippen molar-refractivity contribution in [3.63, 3.8) is 0 Å². The van der Waals surface area contributed by atoms with Gasteiger partial charge < -0.3 is 20.5 Å². The van der Waals surface area contributed by atoms with E-state index in [4.69, 9.17) is 4.74 Å². The number of hydrogen-bond acceptors (Lipinski definition) is 4. The fourth-order valence-corrected chi connectivity index (χ4v) is 5.57. The molecule has 4 rings (SSSR count). The first-order valence-corrected chi connectivity index (χ1v) is 12.7. The number of amides is 1. The lowest BCUT2D eigenvalue weighted by Gasteiger charge is -2.40. The van der Waals surface area contributed by atoms with E-state index in [1.54, 1.807) is 0 Å². The molecule has 1 saturated carbocycles. The lowest BCUT2D eigenvalue weighted by Crippen LogP contribution is -2.53. The molecule has 5 nitrogen and oxygen atoms in total. The fraction of sp³-hybridized carbons (Fsp3) is 0.536. The van der Waals surface area contributed by atoms with E-state index in [9.17, 15) is 18.7 Å². The number of halogens is 2. The lowest BCUT2D eigenvalue weighted by molar-refractivity contribution is -0.120. The molecule has 1 saturated heterocycles. The Balaban J connectivity index is 1.51. The first kappa shape index (κ1) is 25.7. The van der Waals surface area contributed by atoms with Crippen LogP contribution in [0.25, 0.3) is 0 Å². The van der Waals surface area contributed by atoms with Crippen LogP contribution in [0.4, 0.5) is 8.78 Å². The Kier molecular flexibility index (Phi) is 8.52. The average molecular weight is 487 g/mol. The highest BCUT2D eigenvalue weighted by atomic mass is 19.1. The molecule has 0 radical (unpaired) electrons. The first-order valence-electron chi connectivity index (χ1n) is 12.7. The predicted molar refractivity (Wildman–Crippen MR) is 131 cm³/mol. The van der Waals surface area contributed by atoms with Gasteiger partial charge in [-0.05, 0) is 60.9 Å². The van der Waals surface area contributed by atoms with Gasteiger partial charge in [-0.3, -0.25) is 4.79 Å². The van der Waals surface area contributed by atoms with E-state index in [-0.39, 0.29) is 30.5 Å². The van der Waals surface area contributed by atoms with Crippen LogP contribution in [0.5, 0.6) is 0 Å². The molecule has 2 aromatic carbocycles. The van der Waals surface area contributed by atoms with E-state index in [0.29, 0.717) is 5.56 Å². The largest absolute Gasteiger partial charge is 0.390 e. The highest BCUT2D eigenvalue weighted by Gasteiger charge is 2.35. The Morgan fingerprint density at radius 2 is 1.86 bits per heavy atom. The minimum Gasteiger partial charge on any atom is -0.390 e. The summed E-state index contributed by atoms with van der Waals surface area (Å²) in [7, 11) is 0. The zero-order valence-electron chi connectivity index (χ0n) is 20.4. The standard InChI is InChI=1S/C28H36F2N2O3/c1-19(33)32-25(15-20-13-23(29)17-24(30)14-20)26(34)18-31-28(10-3-2-4-11-28)22-8-5-7-21(16-22)27-9-6-12-35-27/h5,7-8,13-14,16-17,25-27,31,34H,2-4,6,9-12,15,18H2,1H3,(H,32,33)/t25-,26+,27?/m0/s1. The smallest absolute Gasteiger partial charge is 0.217 e. The minimum atomic E-state index is -0.939. The third-order valence-corrected chi connectivity index (χ3v) is 7.33. The van der Waals surface area contributed by atoms with Crippen molar-refractivity contribution < 1.29 is 23.4 Å². The molecule has 1 aliphatic carbocycles. The van der Waals surface area contributed by atoms with Crippen LogP contribution in [0.2, 0.25) is 0 Å². The maximum Gasteiger partial charge on any atom is 0.217 e. The molecule has 1 aliphatic heterocycles. The molecule has 0 aromatic heterocycles. The highest BCUT2D eigenvalue weighted by Crippen LogP contribution is 2.39. The fourth-order valence-electron chi connectivity index (χ4n) is 5.57. The second-order valence-corrected chi connectivity index (χ2v) is 10.0. The van der Waals surface area contributed by atoms with Gasteiger partial charge in [-0.15, -0.1) is 0 Å². The van der Waals surface area contributed by atoms with Gasteiger partial charge in [0.15, 0.2) is 0 Å². The van der Waals surface area contributed by atoms with Gasteiger partial charge in [0.25, 0.3) is 0 Å². The third kappa shape index (κ3) is 6.66. The quantitative estimate of drug-likeness (QED) is 0.482. The Morgan fingerprint density at radius 1 is 1.11 bits per heavy atom. The zero-order valence-corrected chi connectivity index (χ0v) is 20.4. The molecule has 2 fully saturated rings. The summed E-state index contributed by atoms with van der Waals surface area (Å²) in [5.74, 6) is -1.66.